The summed E-state index contributed by atoms with van der Waals surface area (Å²) in [5, 5.41) is 12.8. The average molecular weight is 282 g/mol. The Morgan fingerprint density at radius 1 is 1.35 bits per heavy atom. The number of piperidine rings is 1. The fraction of sp³-hybridized carbons (Fsp3) is 0.867. The highest BCUT2D eigenvalue weighted by Crippen LogP contribution is 2.30. The minimum absolute atomic E-state index is 0.0208. The molecule has 5 heteroatoms. The highest BCUT2D eigenvalue weighted by molar-refractivity contribution is 5.82. The van der Waals surface area contributed by atoms with E-state index in [0.29, 0.717) is 13.1 Å². The third kappa shape index (κ3) is 3.51. The lowest BCUT2D eigenvalue weighted by Gasteiger charge is -2.38. The second-order valence-electron chi connectivity index (χ2n) is 6.57. The summed E-state index contributed by atoms with van der Waals surface area (Å²) in [5.74, 6) is -0.0469. The van der Waals surface area contributed by atoms with Crippen molar-refractivity contribution in [1.82, 2.24) is 10.2 Å². The molecule has 2 amide bonds. The van der Waals surface area contributed by atoms with E-state index in [1.165, 1.54) is 0 Å². The van der Waals surface area contributed by atoms with Crippen molar-refractivity contribution in [3.05, 3.63) is 0 Å². The van der Waals surface area contributed by atoms with E-state index in [4.69, 9.17) is 0 Å². The van der Waals surface area contributed by atoms with E-state index in [9.17, 15) is 14.7 Å². The molecule has 20 heavy (non-hydrogen) atoms. The van der Waals surface area contributed by atoms with Gasteiger partial charge >= 0.3 is 0 Å². The molecule has 114 valence electrons. The van der Waals surface area contributed by atoms with Crippen LogP contribution < -0.4 is 5.32 Å². The molecule has 1 atom stereocenters. The van der Waals surface area contributed by atoms with E-state index in [0.717, 1.165) is 38.6 Å². The zero-order chi connectivity index (χ0) is 14.8. The molecule has 0 spiro atoms. The van der Waals surface area contributed by atoms with Gasteiger partial charge in [-0.2, -0.15) is 0 Å². The molecule has 1 heterocycles. The van der Waals surface area contributed by atoms with Gasteiger partial charge in [0, 0.05) is 25.6 Å². The Balaban J connectivity index is 1.82. The first kappa shape index (κ1) is 15.3. The van der Waals surface area contributed by atoms with Crippen molar-refractivity contribution in [3.8, 4) is 0 Å². The Morgan fingerprint density at radius 2 is 2.05 bits per heavy atom. The molecule has 0 radical (unpaired) electrons. The Kier molecular flexibility index (Phi) is 4.68. The maximum absolute atomic E-state index is 12.2. The number of nitrogens with zero attached hydrogens (tertiary/aromatic N) is 1. The van der Waals surface area contributed by atoms with Crippen molar-refractivity contribution in [1.29, 1.82) is 0 Å². The van der Waals surface area contributed by atoms with Crippen LogP contribution in [0.4, 0.5) is 0 Å². The van der Waals surface area contributed by atoms with Crippen molar-refractivity contribution in [2.75, 3.05) is 19.6 Å². The van der Waals surface area contributed by atoms with Crippen molar-refractivity contribution in [2.24, 2.45) is 11.8 Å². The average Bonchev–Trinajstić information content (AvgIpc) is 2.41. The number of likely N-dealkylation sites (tertiary alicyclic amines) is 1. The first-order valence-electron chi connectivity index (χ1n) is 7.70. The SMILES string of the molecule is CC(C)C(=O)N1CCCC(C(=O)NCC2(O)CCC2)C1. The van der Waals surface area contributed by atoms with Crippen LogP contribution in [0.2, 0.25) is 0 Å². The van der Waals surface area contributed by atoms with Gasteiger partial charge in [-0.05, 0) is 32.1 Å². The van der Waals surface area contributed by atoms with Gasteiger partial charge < -0.3 is 15.3 Å². The Labute approximate surface area is 120 Å². The summed E-state index contributed by atoms with van der Waals surface area (Å²) in [5.41, 5.74) is -0.683. The Hall–Kier alpha value is -1.10. The summed E-state index contributed by atoms with van der Waals surface area (Å²) in [6.45, 7) is 5.39. The third-order valence-electron chi connectivity index (χ3n) is 4.47. The molecule has 0 bridgehead atoms. The van der Waals surface area contributed by atoms with Gasteiger partial charge in [-0.25, -0.2) is 0 Å². The summed E-state index contributed by atoms with van der Waals surface area (Å²) < 4.78 is 0. The van der Waals surface area contributed by atoms with Gasteiger partial charge in [0.2, 0.25) is 11.8 Å². The van der Waals surface area contributed by atoms with Crippen LogP contribution in [0.5, 0.6) is 0 Å². The molecule has 2 N–H and O–H groups in total. The molecular formula is C15H26N2O3. The van der Waals surface area contributed by atoms with Crippen molar-refractivity contribution >= 4 is 11.8 Å². The number of carbonyl (C=O) groups excluding carboxylic acids is 2. The minimum Gasteiger partial charge on any atom is -0.388 e. The number of rotatable bonds is 4. The molecule has 1 saturated heterocycles. The number of amides is 2. The maximum Gasteiger partial charge on any atom is 0.225 e. The summed E-state index contributed by atoms with van der Waals surface area (Å²) in [6, 6.07) is 0. The lowest BCUT2D eigenvalue weighted by Crippen LogP contribution is -2.51. The van der Waals surface area contributed by atoms with Gasteiger partial charge in [-0.1, -0.05) is 13.8 Å². The summed E-state index contributed by atoms with van der Waals surface area (Å²) in [4.78, 5) is 26.0. The minimum atomic E-state index is -0.683. The normalized spacial score (nSPS) is 25.2. The lowest BCUT2D eigenvalue weighted by molar-refractivity contribution is -0.139. The monoisotopic (exact) mass is 282 g/mol. The summed E-state index contributed by atoms with van der Waals surface area (Å²) in [6.07, 6.45) is 4.28. The van der Waals surface area contributed by atoms with E-state index < -0.39 is 5.60 Å². The summed E-state index contributed by atoms with van der Waals surface area (Å²) >= 11 is 0. The van der Waals surface area contributed by atoms with E-state index in [1.54, 1.807) is 4.90 Å². The molecule has 2 fully saturated rings. The number of nitrogens with one attached hydrogen (secondary N) is 1. The maximum atomic E-state index is 12.2. The Morgan fingerprint density at radius 3 is 2.60 bits per heavy atom. The van der Waals surface area contributed by atoms with Crippen LogP contribution in [-0.4, -0.2) is 47.1 Å². The van der Waals surface area contributed by atoms with Crippen LogP contribution in [0.3, 0.4) is 0 Å². The van der Waals surface area contributed by atoms with Crippen molar-refractivity contribution in [2.45, 2.75) is 51.6 Å². The van der Waals surface area contributed by atoms with E-state index >= 15 is 0 Å². The zero-order valence-corrected chi connectivity index (χ0v) is 12.5. The first-order chi connectivity index (χ1) is 9.41. The van der Waals surface area contributed by atoms with Gasteiger partial charge in [-0.15, -0.1) is 0 Å². The molecule has 0 aromatic heterocycles. The zero-order valence-electron chi connectivity index (χ0n) is 12.5. The lowest BCUT2D eigenvalue weighted by atomic mass is 9.80. The smallest absolute Gasteiger partial charge is 0.225 e. The van der Waals surface area contributed by atoms with Crippen LogP contribution in [0.25, 0.3) is 0 Å². The fourth-order valence-electron chi connectivity index (χ4n) is 2.91. The molecule has 1 aliphatic carbocycles. The van der Waals surface area contributed by atoms with Crippen LogP contribution in [0, 0.1) is 11.8 Å². The predicted molar refractivity (Wildman–Crippen MR) is 76.0 cm³/mol. The molecule has 2 rings (SSSR count). The highest BCUT2D eigenvalue weighted by Gasteiger charge is 2.36. The quantitative estimate of drug-likeness (QED) is 0.805. The number of hydrogen-bond acceptors (Lipinski definition) is 3. The predicted octanol–water partition coefficient (Wildman–Crippen LogP) is 0.912. The van der Waals surface area contributed by atoms with Gasteiger partial charge in [0.05, 0.1) is 11.5 Å². The topological polar surface area (TPSA) is 69.6 Å². The molecular weight excluding hydrogens is 256 g/mol. The molecule has 1 unspecified atom stereocenters. The number of aliphatic hydroxyl groups is 1. The van der Waals surface area contributed by atoms with Gasteiger partial charge in [0.15, 0.2) is 0 Å². The van der Waals surface area contributed by atoms with Crippen molar-refractivity contribution in [3.63, 3.8) is 0 Å². The molecule has 0 aromatic rings. The van der Waals surface area contributed by atoms with Crippen LogP contribution in [0.15, 0.2) is 0 Å². The van der Waals surface area contributed by atoms with Crippen molar-refractivity contribution < 1.29 is 14.7 Å². The van der Waals surface area contributed by atoms with Gasteiger partial charge in [0.25, 0.3) is 0 Å². The Bertz CT molecular complexity index is 377. The van der Waals surface area contributed by atoms with E-state index in [-0.39, 0.29) is 23.7 Å². The third-order valence-corrected chi connectivity index (χ3v) is 4.47. The standard InChI is InChI=1S/C15H26N2O3/c1-11(2)14(19)17-8-3-5-12(9-17)13(18)16-10-15(20)6-4-7-15/h11-12,20H,3-10H2,1-2H3,(H,16,18). The largest absolute Gasteiger partial charge is 0.388 e. The number of carbonyl (C=O) groups is 2. The number of hydrogen-bond donors (Lipinski definition) is 2. The fourth-order valence-corrected chi connectivity index (χ4v) is 2.91. The second-order valence-corrected chi connectivity index (χ2v) is 6.57. The van der Waals surface area contributed by atoms with E-state index in [1.807, 2.05) is 13.8 Å². The van der Waals surface area contributed by atoms with Crippen LogP contribution in [-0.2, 0) is 9.59 Å². The molecule has 2 aliphatic rings. The first-order valence-corrected chi connectivity index (χ1v) is 7.70. The van der Waals surface area contributed by atoms with Crippen LogP contribution in [0.1, 0.15) is 46.0 Å². The second kappa shape index (κ2) is 6.12. The molecule has 0 aromatic carbocycles. The summed E-state index contributed by atoms with van der Waals surface area (Å²) in [7, 11) is 0. The molecule has 1 saturated carbocycles. The molecule has 5 nitrogen and oxygen atoms in total. The van der Waals surface area contributed by atoms with Gasteiger partial charge in [0.1, 0.15) is 0 Å². The van der Waals surface area contributed by atoms with Crippen LogP contribution >= 0.6 is 0 Å². The molecule has 1 aliphatic heterocycles. The highest BCUT2D eigenvalue weighted by atomic mass is 16.3. The van der Waals surface area contributed by atoms with Gasteiger partial charge in [-0.3, -0.25) is 9.59 Å². The van der Waals surface area contributed by atoms with E-state index in [2.05, 4.69) is 5.32 Å².